The number of rotatable bonds is 4. The van der Waals surface area contributed by atoms with Gasteiger partial charge in [0.25, 0.3) is 12.3 Å². The summed E-state index contributed by atoms with van der Waals surface area (Å²) >= 11 is 0.559. The molecule has 0 aromatic carbocycles. The second kappa shape index (κ2) is 5.53. The number of halogens is 2. The van der Waals surface area contributed by atoms with Crippen LogP contribution in [0.1, 0.15) is 24.3 Å². The van der Waals surface area contributed by atoms with Crippen LogP contribution in [0.4, 0.5) is 13.9 Å². The standard InChI is InChI=1S/C9H9F2N3O4S/c10-5(11)7-13-14-9(19-7)12-6(15)3-1-2-4(18-3)8(16)17/h3-5H,1-2H2,(H,16,17)(H,12,14,15)/t3-,4+/m0/s1. The number of carboxylic acids is 1. The maximum atomic E-state index is 12.3. The Morgan fingerprint density at radius 3 is 2.58 bits per heavy atom. The Labute approximate surface area is 109 Å². The van der Waals surface area contributed by atoms with Crippen LogP contribution in [0.3, 0.4) is 0 Å². The quantitative estimate of drug-likeness (QED) is 0.860. The number of carboxylic acid groups (broad SMARTS) is 1. The number of alkyl halides is 2. The molecule has 10 heteroatoms. The van der Waals surface area contributed by atoms with E-state index < -0.39 is 35.5 Å². The maximum Gasteiger partial charge on any atom is 0.332 e. The van der Waals surface area contributed by atoms with Crippen molar-refractivity contribution < 1.29 is 28.2 Å². The summed E-state index contributed by atoms with van der Waals surface area (Å²) in [6, 6.07) is 0. The summed E-state index contributed by atoms with van der Waals surface area (Å²) < 4.78 is 29.5. The van der Waals surface area contributed by atoms with Gasteiger partial charge in [-0.25, -0.2) is 13.6 Å². The van der Waals surface area contributed by atoms with Gasteiger partial charge in [-0.05, 0) is 12.8 Å². The van der Waals surface area contributed by atoms with Crippen LogP contribution < -0.4 is 5.32 Å². The largest absolute Gasteiger partial charge is 0.479 e. The van der Waals surface area contributed by atoms with Crippen LogP contribution in [0.15, 0.2) is 0 Å². The molecule has 1 aromatic rings. The van der Waals surface area contributed by atoms with E-state index >= 15 is 0 Å². The molecule has 0 radical (unpaired) electrons. The second-order valence-electron chi connectivity index (χ2n) is 3.76. The van der Waals surface area contributed by atoms with Crippen molar-refractivity contribution in [3.05, 3.63) is 5.01 Å². The summed E-state index contributed by atoms with van der Waals surface area (Å²) in [5, 5.41) is 17.0. The Morgan fingerprint density at radius 2 is 2.05 bits per heavy atom. The summed E-state index contributed by atoms with van der Waals surface area (Å²) in [6.45, 7) is 0. The van der Waals surface area contributed by atoms with Gasteiger partial charge in [0.15, 0.2) is 11.1 Å². The molecule has 0 saturated carbocycles. The highest BCUT2D eigenvalue weighted by atomic mass is 32.1. The number of ether oxygens (including phenoxy) is 1. The third-order valence-electron chi connectivity index (χ3n) is 2.44. The van der Waals surface area contributed by atoms with Crippen LogP contribution in [-0.2, 0) is 14.3 Å². The van der Waals surface area contributed by atoms with Crippen molar-refractivity contribution >= 4 is 28.3 Å². The fourth-order valence-electron chi connectivity index (χ4n) is 1.57. The first-order chi connectivity index (χ1) is 8.97. The molecule has 2 N–H and O–H groups in total. The molecule has 2 rings (SSSR count). The van der Waals surface area contributed by atoms with E-state index in [0.29, 0.717) is 11.3 Å². The Hall–Kier alpha value is -1.68. The van der Waals surface area contributed by atoms with Crippen molar-refractivity contribution in [2.24, 2.45) is 0 Å². The lowest BCUT2D eigenvalue weighted by atomic mass is 10.2. The molecule has 1 amide bonds. The number of nitrogens with zero attached hydrogens (tertiary/aromatic N) is 2. The normalized spacial score (nSPS) is 22.7. The smallest absolute Gasteiger partial charge is 0.332 e. The lowest BCUT2D eigenvalue weighted by Gasteiger charge is -2.09. The first-order valence-corrected chi connectivity index (χ1v) is 6.09. The van der Waals surface area contributed by atoms with Gasteiger partial charge in [-0.2, -0.15) is 0 Å². The molecule has 104 valence electrons. The number of carbonyl (C=O) groups is 2. The van der Waals surface area contributed by atoms with Gasteiger partial charge in [-0.15, -0.1) is 10.2 Å². The van der Waals surface area contributed by atoms with E-state index in [4.69, 9.17) is 9.84 Å². The monoisotopic (exact) mass is 293 g/mol. The Balaban J connectivity index is 1.92. The summed E-state index contributed by atoms with van der Waals surface area (Å²) in [6.07, 6.45) is -4.20. The topological polar surface area (TPSA) is 101 Å². The van der Waals surface area contributed by atoms with Gasteiger partial charge >= 0.3 is 5.97 Å². The molecule has 2 atom stereocenters. The van der Waals surface area contributed by atoms with Gasteiger partial charge in [0.1, 0.15) is 6.10 Å². The first kappa shape index (κ1) is 13.7. The lowest BCUT2D eigenvalue weighted by molar-refractivity contribution is -0.150. The molecule has 19 heavy (non-hydrogen) atoms. The predicted molar refractivity (Wildman–Crippen MR) is 59.0 cm³/mol. The third-order valence-corrected chi connectivity index (χ3v) is 3.29. The van der Waals surface area contributed by atoms with E-state index in [1.54, 1.807) is 0 Å². The Morgan fingerprint density at radius 1 is 1.37 bits per heavy atom. The molecule has 2 heterocycles. The minimum absolute atomic E-state index is 0.0670. The second-order valence-corrected chi connectivity index (χ2v) is 4.77. The zero-order valence-electron chi connectivity index (χ0n) is 9.38. The third kappa shape index (κ3) is 3.20. The molecule has 0 spiro atoms. The Kier molecular flexibility index (Phi) is 4.00. The minimum Gasteiger partial charge on any atom is -0.479 e. The van der Waals surface area contributed by atoms with Crippen molar-refractivity contribution in [3.8, 4) is 0 Å². The van der Waals surface area contributed by atoms with Gasteiger partial charge in [0, 0.05) is 0 Å². The SMILES string of the molecule is O=C(Nc1nnc(C(F)F)s1)[C@@H]1CC[C@H](C(=O)O)O1. The summed E-state index contributed by atoms with van der Waals surface area (Å²) in [4.78, 5) is 22.3. The maximum absolute atomic E-state index is 12.3. The van der Waals surface area contributed by atoms with Crippen molar-refractivity contribution in [3.63, 3.8) is 0 Å². The first-order valence-electron chi connectivity index (χ1n) is 5.28. The van der Waals surface area contributed by atoms with Gasteiger partial charge in [0.2, 0.25) is 5.13 Å². The molecular weight excluding hydrogens is 284 g/mol. The number of hydrogen-bond acceptors (Lipinski definition) is 6. The van der Waals surface area contributed by atoms with Gasteiger partial charge in [-0.3, -0.25) is 10.1 Å². The summed E-state index contributed by atoms with van der Waals surface area (Å²) in [5.41, 5.74) is 0. The van der Waals surface area contributed by atoms with Crippen molar-refractivity contribution in [2.75, 3.05) is 5.32 Å². The van der Waals surface area contributed by atoms with Crippen molar-refractivity contribution in [2.45, 2.75) is 31.5 Å². The molecule has 1 fully saturated rings. The molecule has 1 aliphatic heterocycles. The van der Waals surface area contributed by atoms with Crippen LogP contribution >= 0.6 is 11.3 Å². The average Bonchev–Trinajstić information content (AvgIpc) is 2.96. The van der Waals surface area contributed by atoms with Gasteiger partial charge in [-0.1, -0.05) is 11.3 Å². The van der Waals surface area contributed by atoms with Gasteiger partial charge < -0.3 is 9.84 Å². The molecule has 7 nitrogen and oxygen atoms in total. The highest BCUT2D eigenvalue weighted by Gasteiger charge is 2.35. The number of carbonyl (C=O) groups excluding carboxylic acids is 1. The fourth-order valence-corrected chi connectivity index (χ4v) is 2.17. The van der Waals surface area contributed by atoms with Crippen molar-refractivity contribution in [1.29, 1.82) is 0 Å². The van der Waals surface area contributed by atoms with Crippen LogP contribution in [0.2, 0.25) is 0 Å². The van der Waals surface area contributed by atoms with E-state index in [9.17, 15) is 18.4 Å². The predicted octanol–water partition coefficient (Wildman–Crippen LogP) is 1.05. The number of aliphatic carboxylic acids is 1. The number of amides is 1. The lowest BCUT2D eigenvalue weighted by Crippen LogP contribution is -2.29. The molecule has 0 unspecified atom stereocenters. The van der Waals surface area contributed by atoms with Crippen LogP contribution in [0, 0.1) is 0 Å². The Bertz CT molecular complexity index is 496. The van der Waals surface area contributed by atoms with E-state index in [1.807, 2.05) is 0 Å². The molecule has 0 bridgehead atoms. The van der Waals surface area contributed by atoms with Crippen LogP contribution in [0.5, 0.6) is 0 Å². The van der Waals surface area contributed by atoms with Crippen molar-refractivity contribution in [1.82, 2.24) is 10.2 Å². The van der Waals surface area contributed by atoms with Crippen LogP contribution in [0.25, 0.3) is 0 Å². The van der Waals surface area contributed by atoms with E-state index in [-0.39, 0.29) is 18.0 Å². The number of aromatic nitrogens is 2. The van der Waals surface area contributed by atoms with E-state index in [1.165, 1.54) is 0 Å². The van der Waals surface area contributed by atoms with E-state index in [0.717, 1.165) is 0 Å². The zero-order chi connectivity index (χ0) is 14.0. The highest BCUT2D eigenvalue weighted by molar-refractivity contribution is 7.15. The molecule has 0 aliphatic carbocycles. The average molecular weight is 293 g/mol. The molecule has 1 aromatic heterocycles. The molecule has 1 aliphatic rings. The fraction of sp³-hybridized carbons (Fsp3) is 0.556. The summed E-state index contributed by atoms with van der Waals surface area (Å²) in [7, 11) is 0. The summed E-state index contributed by atoms with van der Waals surface area (Å²) in [5.74, 6) is -1.74. The number of hydrogen-bond donors (Lipinski definition) is 2. The number of nitrogens with one attached hydrogen (secondary N) is 1. The molecular formula is C9H9F2N3O4S. The number of anilines is 1. The van der Waals surface area contributed by atoms with E-state index in [2.05, 4.69) is 15.5 Å². The zero-order valence-corrected chi connectivity index (χ0v) is 10.2. The molecule has 1 saturated heterocycles. The minimum atomic E-state index is -2.75. The highest BCUT2D eigenvalue weighted by Crippen LogP contribution is 2.26. The van der Waals surface area contributed by atoms with Gasteiger partial charge in [0.05, 0.1) is 0 Å². The van der Waals surface area contributed by atoms with Crippen LogP contribution in [-0.4, -0.2) is 39.4 Å².